The lowest BCUT2D eigenvalue weighted by Crippen LogP contribution is -2.56. The summed E-state index contributed by atoms with van der Waals surface area (Å²) >= 11 is 0. The van der Waals surface area contributed by atoms with Crippen LogP contribution in [0.15, 0.2) is 0 Å². The molecule has 0 radical (unpaired) electrons. The summed E-state index contributed by atoms with van der Waals surface area (Å²) < 4.78 is 0. The molecule has 2 nitrogen and oxygen atoms in total. The first-order valence-corrected chi connectivity index (χ1v) is 7.13. The maximum Gasteiger partial charge on any atom is 0.0169 e. The lowest BCUT2D eigenvalue weighted by molar-refractivity contribution is 0.124. The van der Waals surface area contributed by atoms with Gasteiger partial charge in [-0.05, 0) is 27.2 Å². The summed E-state index contributed by atoms with van der Waals surface area (Å²) in [6.45, 7) is 11.7. The topological polar surface area (TPSA) is 15.3 Å². The number of unbranched alkanes of at least 4 members (excludes halogenated alkanes) is 3. The van der Waals surface area contributed by atoms with Gasteiger partial charge in [0.05, 0.1) is 0 Å². The van der Waals surface area contributed by atoms with Gasteiger partial charge >= 0.3 is 0 Å². The Morgan fingerprint density at radius 1 is 1.12 bits per heavy atom. The van der Waals surface area contributed by atoms with Crippen LogP contribution in [-0.4, -0.2) is 36.1 Å². The Bertz CT molecular complexity index is 172. The van der Waals surface area contributed by atoms with Crippen molar-refractivity contribution < 1.29 is 0 Å². The molecule has 0 aromatic rings. The van der Waals surface area contributed by atoms with E-state index in [-0.39, 0.29) is 0 Å². The molecule has 1 rings (SSSR count). The van der Waals surface area contributed by atoms with E-state index in [1.807, 2.05) is 0 Å². The largest absolute Gasteiger partial charge is 0.309 e. The molecule has 0 aromatic carbocycles. The minimum atomic E-state index is 0.654. The molecular weight excluding hydrogens is 196 g/mol. The van der Waals surface area contributed by atoms with Crippen LogP contribution in [0, 0.1) is 0 Å². The van der Waals surface area contributed by atoms with E-state index in [0.717, 1.165) is 6.04 Å². The van der Waals surface area contributed by atoms with Gasteiger partial charge in [0.25, 0.3) is 0 Å². The highest BCUT2D eigenvalue weighted by atomic mass is 15.2. The second-order valence-corrected chi connectivity index (χ2v) is 5.62. The van der Waals surface area contributed by atoms with E-state index in [9.17, 15) is 0 Å². The van der Waals surface area contributed by atoms with Crippen molar-refractivity contribution in [1.82, 2.24) is 10.2 Å². The smallest absolute Gasteiger partial charge is 0.0169 e. The average molecular weight is 226 g/mol. The van der Waals surface area contributed by atoms with Crippen molar-refractivity contribution in [3.63, 3.8) is 0 Å². The third-order valence-electron chi connectivity index (χ3n) is 3.68. The first-order valence-electron chi connectivity index (χ1n) is 7.13. The highest BCUT2D eigenvalue weighted by Gasteiger charge is 2.23. The van der Waals surface area contributed by atoms with Gasteiger partial charge in [-0.15, -0.1) is 0 Å². The molecule has 0 aromatic heterocycles. The quantitative estimate of drug-likeness (QED) is 0.700. The molecule has 0 spiro atoms. The number of nitrogens with one attached hydrogen (secondary N) is 1. The van der Waals surface area contributed by atoms with Gasteiger partial charge < -0.3 is 5.32 Å². The van der Waals surface area contributed by atoms with E-state index >= 15 is 0 Å². The minimum absolute atomic E-state index is 0.654. The van der Waals surface area contributed by atoms with Gasteiger partial charge in [-0.1, -0.05) is 32.6 Å². The third-order valence-corrected chi connectivity index (χ3v) is 3.68. The highest BCUT2D eigenvalue weighted by molar-refractivity contribution is 4.83. The summed E-state index contributed by atoms with van der Waals surface area (Å²) in [4.78, 5) is 2.66. The van der Waals surface area contributed by atoms with Crippen LogP contribution < -0.4 is 5.32 Å². The van der Waals surface area contributed by atoms with Crippen LogP contribution in [0.4, 0.5) is 0 Å². The van der Waals surface area contributed by atoms with Crippen LogP contribution in [0.1, 0.15) is 59.8 Å². The summed E-state index contributed by atoms with van der Waals surface area (Å²) in [5.41, 5.74) is 0. The lowest BCUT2D eigenvalue weighted by Gasteiger charge is -2.39. The van der Waals surface area contributed by atoms with Crippen LogP contribution >= 0.6 is 0 Å². The number of piperazine rings is 1. The maximum absolute atomic E-state index is 3.60. The zero-order valence-corrected chi connectivity index (χ0v) is 11.6. The number of hydrogen-bond acceptors (Lipinski definition) is 2. The average Bonchev–Trinajstić information content (AvgIpc) is 2.22. The zero-order valence-electron chi connectivity index (χ0n) is 11.6. The van der Waals surface area contributed by atoms with Crippen molar-refractivity contribution in [2.24, 2.45) is 0 Å². The van der Waals surface area contributed by atoms with Crippen molar-refractivity contribution >= 4 is 0 Å². The maximum atomic E-state index is 3.60. The van der Waals surface area contributed by atoms with Crippen molar-refractivity contribution in [2.75, 3.05) is 13.1 Å². The van der Waals surface area contributed by atoms with Crippen LogP contribution in [0.25, 0.3) is 0 Å². The van der Waals surface area contributed by atoms with Crippen molar-refractivity contribution in [1.29, 1.82) is 0 Å². The Morgan fingerprint density at radius 3 is 2.31 bits per heavy atom. The highest BCUT2D eigenvalue weighted by Crippen LogP contribution is 2.14. The summed E-state index contributed by atoms with van der Waals surface area (Å²) in [6, 6.07) is 2.08. The monoisotopic (exact) mass is 226 g/mol. The fraction of sp³-hybridized carbons (Fsp3) is 1.00. The van der Waals surface area contributed by atoms with E-state index < -0.39 is 0 Å². The predicted octanol–water partition coefficient (Wildman–Crippen LogP) is 3.03. The Hall–Kier alpha value is -0.0800. The molecule has 0 aliphatic carbocycles. The molecule has 1 N–H and O–H groups in total. The molecule has 16 heavy (non-hydrogen) atoms. The molecule has 1 aliphatic rings. The Labute approximate surface area is 102 Å². The first kappa shape index (κ1) is 14.0. The molecular formula is C14H30N2. The van der Waals surface area contributed by atoms with Gasteiger partial charge in [-0.2, -0.15) is 0 Å². The van der Waals surface area contributed by atoms with Gasteiger partial charge in [0.2, 0.25) is 0 Å². The van der Waals surface area contributed by atoms with Gasteiger partial charge in [-0.3, -0.25) is 4.90 Å². The van der Waals surface area contributed by atoms with Crippen LogP contribution in [-0.2, 0) is 0 Å². The van der Waals surface area contributed by atoms with E-state index in [4.69, 9.17) is 0 Å². The number of rotatable bonds is 6. The SMILES string of the molecule is CCCCCCC(C)N1CC(C)NC(C)C1. The molecule has 1 heterocycles. The normalized spacial score (nSPS) is 29.2. The van der Waals surface area contributed by atoms with Gasteiger partial charge in [0, 0.05) is 31.2 Å². The second kappa shape index (κ2) is 7.29. The van der Waals surface area contributed by atoms with Gasteiger partial charge in [0.15, 0.2) is 0 Å². The molecule has 96 valence electrons. The molecule has 0 saturated carbocycles. The van der Waals surface area contributed by atoms with Crippen molar-refractivity contribution in [2.45, 2.75) is 77.9 Å². The van der Waals surface area contributed by atoms with E-state index in [1.54, 1.807) is 0 Å². The zero-order chi connectivity index (χ0) is 12.0. The minimum Gasteiger partial charge on any atom is -0.309 e. The molecule has 3 unspecified atom stereocenters. The molecule has 0 amide bonds. The van der Waals surface area contributed by atoms with Crippen molar-refractivity contribution in [3.05, 3.63) is 0 Å². The third kappa shape index (κ3) is 4.84. The predicted molar refractivity (Wildman–Crippen MR) is 71.9 cm³/mol. The van der Waals surface area contributed by atoms with Gasteiger partial charge in [0.1, 0.15) is 0 Å². The molecule has 0 bridgehead atoms. The Balaban J connectivity index is 2.21. The number of nitrogens with zero attached hydrogens (tertiary/aromatic N) is 1. The first-order chi connectivity index (χ1) is 7.63. The fourth-order valence-corrected chi connectivity index (χ4v) is 2.78. The van der Waals surface area contributed by atoms with Crippen LogP contribution in [0.5, 0.6) is 0 Å². The summed E-state index contributed by atoms with van der Waals surface area (Å²) in [6.07, 6.45) is 6.94. The van der Waals surface area contributed by atoms with E-state index in [1.165, 1.54) is 45.2 Å². The van der Waals surface area contributed by atoms with Gasteiger partial charge in [-0.25, -0.2) is 0 Å². The molecule has 1 fully saturated rings. The lowest BCUT2D eigenvalue weighted by atomic mass is 10.0. The van der Waals surface area contributed by atoms with Crippen molar-refractivity contribution in [3.8, 4) is 0 Å². The number of hydrogen-bond donors (Lipinski definition) is 1. The van der Waals surface area contributed by atoms with Crippen LogP contribution in [0.2, 0.25) is 0 Å². The summed E-state index contributed by atoms with van der Waals surface area (Å²) in [7, 11) is 0. The Morgan fingerprint density at radius 2 is 1.75 bits per heavy atom. The van der Waals surface area contributed by atoms with E-state index in [2.05, 4.69) is 37.9 Å². The molecule has 2 heteroatoms. The Kier molecular flexibility index (Phi) is 6.37. The molecule has 1 saturated heterocycles. The molecule has 1 aliphatic heterocycles. The summed E-state index contributed by atoms with van der Waals surface area (Å²) in [5, 5.41) is 3.60. The van der Waals surface area contributed by atoms with Crippen LogP contribution in [0.3, 0.4) is 0 Å². The molecule has 3 atom stereocenters. The standard InChI is InChI=1S/C14H30N2/c1-5-6-7-8-9-14(4)16-10-12(2)15-13(3)11-16/h12-15H,5-11H2,1-4H3. The second-order valence-electron chi connectivity index (χ2n) is 5.62. The van der Waals surface area contributed by atoms with E-state index in [0.29, 0.717) is 12.1 Å². The summed E-state index contributed by atoms with van der Waals surface area (Å²) in [5.74, 6) is 0. The fourth-order valence-electron chi connectivity index (χ4n) is 2.78.